The minimum absolute atomic E-state index is 0.112. The molecule has 140 valence electrons. The summed E-state index contributed by atoms with van der Waals surface area (Å²) in [7, 11) is 0. The average molecular weight is 364 g/mol. The van der Waals surface area contributed by atoms with Crippen LogP contribution in [0.4, 0.5) is 10.5 Å². The first kappa shape index (κ1) is 18.6. The Balaban J connectivity index is 1.71. The van der Waals surface area contributed by atoms with Crippen molar-refractivity contribution in [2.75, 3.05) is 5.32 Å². The number of hydrogen-bond acceptors (Lipinski definition) is 4. The summed E-state index contributed by atoms with van der Waals surface area (Å²) in [5, 5.41) is 7.14. The molecule has 0 aliphatic carbocycles. The van der Waals surface area contributed by atoms with Crippen LogP contribution in [-0.2, 0) is 13.1 Å². The zero-order valence-electron chi connectivity index (χ0n) is 15.6. The van der Waals surface area contributed by atoms with Gasteiger partial charge in [0.15, 0.2) is 0 Å². The third-order valence-electron chi connectivity index (χ3n) is 4.48. The van der Waals surface area contributed by atoms with Gasteiger partial charge in [0.2, 0.25) is 0 Å². The summed E-state index contributed by atoms with van der Waals surface area (Å²) in [6.45, 7) is 5.29. The van der Waals surface area contributed by atoms with E-state index in [0.29, 0.717) is 13.1 Å². The summed E-state index contributed by atoms with van der Waals surface area (Å²) in [5.41, 5.74) is 2.86. The van der Waals surface area contributed by atoms with E-state index < -0.39 is 0 Å². The first-order chi connectivity index (χ1) is 13.2. The molecule has 0 radical (unpaired) electrons. The molecule has 3 aromatic rings. The number of nitrogens with one attached hydrogen (secondary N) is 1. The molecule has 1 atom stereocenters. The molecule has 0 bridgehead atoms. The minimum atomic E-state index is -0.112. The highest BCUT2D eigenvalue weighted by Gasteiger charge is 2.19. The summed E-state index contributed by atoms with van der Waals surface area (Å²) in [6.07, 6.45) is 7.55. The lowest BCUT2D eigenvalue weighted by molar-refractivity contribution is 0.187. The number of pyridine rings is 1. The van der Waals surface area contributed by atoms with Crippen LogP contribution in [0.2, 0.25) is 0 Å². The number of nitrogens with zero attached hydrogens (tertiary/aromatic N) is 5. The first-order valence-corrected chi connectivity index (χ1v) is 9.03. The predicted molar refractivity (Wildman–Crippen MR) is 104 cm³/mol. The van der Waals surface area contributed by atoms with Gasteiger partial charge in [-0.15, -0.1) is 0 Å². The van der Waals surface area contributed by atoms with E-state index in [1.165, 1.54) is 6.33 Å². The molecule has 1 aromatic carbocycles. The van der Waals surface area contributed by atoms with Crippen molar-refractivity contribution in [1.82, 2.24) is 24.6 Å². The summed E-state index contributed by atoms with van der Waals surface area (Å²) in [4.78, 5) is 22.8. The van der Waals surface area contributed by atoms with Gasteiger partial charge in [0.1, 0.15) is 12.7 Å². The van der Waals surface area contributed by atoms with Gasteiger partial charge in [-0.2, -0.15) is 5.10 Å². The van der Waals surface area contributed by atoms with Gasteiger partial charge in [-0.25, -0.2) is 14.5 Å². The summed E-state index contributed by atoms with van der Waals surface area (Å²) >= 11 is 0. The van der Waals surface area contributed by atoms with Crippen LogP contribution in [0.3, 0.4) is 0 Å². The lowest BCUT2D eigenvalue weighted by atomic mass is 10.1. The normalized spacial score (nSPS) is 11.8. The second-order valence-electron chi connectivity index (χ2n) is 6.46. The molecule has 1 unspecified atom stereocenters. The van der Waals surface area contributed by atoms with Gasteiger partial charge in [-0.05, 0) is 48.7 Å². The Morgan fingerprint density at radius 3 is 2.70 bits per heavy atom. The van der Waals surface area contributed by atoms with Gasteiger partial charge >= 0.3 is 6.03 Å². The maximum atomic E-state index is 12.9. The Labute approximate surface area is 159 Å². The molecule has 0 aliphatic rings. The number of hydrogen-bond donors (Lipinski definition) is 1. The molecule has 1 N–H and O–H groups in total. The lowest BCUT2D eigenvalue weighted by Gasteiger charge is -2.29. The molecule has 7 heteroatoms. The molecule has 7 nitrogen and oxygen atoms in total. The van der Waals surface area contributed by atoms with Gasteiger partial charge in [0.25, 0.3) is 0 Å². The van der Waals surface area contributed by atoms with E-state index in [9.17, 15) is 4.79 Å². The van der Waals surface area contributed by atoms with Gasteiger partial charge in [0.05, 0.1) is 6.54 Å². The zero-order valence-corrected chi connectivity index (χ0v) is 15.6. The first-order valence-electron chi connectivity index (χ1n) is 9.03. The Bertz CT molecular complexity index is 850. The van der Waals surface area contributed by atoms with Crippen LogP contribution >= 0.6 is 0 Å². The predicted octanol–water partition coefficient (Wildman–Crippen LogP) is 3.55. The quantitative estimate of drug-likeness (QED) is 0.695. The summed E-state index contributed by atoms with van der Waals surface area (Å²) < 4.78 is 1.75. The molecule has 0 aliphatic heterocycles. The number of benzene rings is 1. The Morgan fingerprint density at radius 1 is 1.19 bits per heavy atom. The molecule has 2 heterocycles. The van der Waals surface area contributed by atoms with E-state index in [0.717, 1.165) is 23.2 Å². The molecule has 0 fully saturated rings. The van der Waals surface area contributed by atoms with Crippen LogP contribution in [0.25, 0.3) is 0 Å². The summed E-state index contributed by atoms with van der Waals surface area (Å²) in [6, 6.07) is 11.7. The number of carbonyl (C=O) groups is 1. The highest BCUT2D eigenvalue weighted by molar-refractivity contribution is 5.89. The number of rotatable bonds is 7. The van der Waals surface area contributed by atoms with Gasteiger partial charge in [-0.3, -0.25) is 4.98 Å². The fourth-order valence-corrected chi connectivity index (χ4v) is 2.78. The number of aromatic nitrogens is 4. The number of urea groups is 1. The topological polar surface area (TPSA) is 75.9 Å². The highest BCUT2D eigenvalue weighted by Crippen LogP contribution is 2.16. The second kappa shape index (κ2) is 8.93. The van der Waals surface area contributed by atoms with Crippen LogP contribution in [0.1, 0.15) is 31.4 Å². The van der Waals surface area contributed by atoms with Crippen molar-refractivity contribution < 1.29 is 4.79 Å². The fraction of sp³-hybridized carbons (Fsp3) is 0.300. The van der Waals surface area contributed by atoms with E-state index in [-0.39, 0.29) is 12.1 Å². The molecule has 27 heavy (non-hydrogen) atoms. The molecule has 0 spiro atoms. The smallest absolute Gasteiger partial charge is 0.318 e. The van der Waals surface area contributed by atoms with Crippen LogP contribution in [0.5, 0.6) is 0 Å². The van der Waals surface area contributed by atoms with E-state index in [2.05, 4.69) is 34.2 Å². The third-order valence-corrected chi connectivity index (χ3v) is 4.48. The van der Waals surface area contributed by atoms with Gasteiger partial charge in [-0.1, -0.05) is 19.1 Å². The standard InChI is InChI=1S/C20H24N6O/c1-3-16(2)26(13-17-7-9-21-10-8-17)20(27)24-19-6-4-5-18(11-19)12-25-15-22-14-23-25/h4-11,14-16H,3,12-13H2,1-2H3,(H,24,27). The maximum Gasteiger partial charge on any atom is 0.322 e. The van der Waals surface area contributed by atoms with Crippen molar-refractivity contribution in [3.63, 3.8) is 0 Å². The van der Waals surface area contributed by atoms with Crippen molar-refractivity contribution in [2.45, 2.75) is 39.4 Å². The molecule has 2 aromatic heterocycles. The van der Waals surface area contributed by atoms with Crippen LogP contribution in [-0.4, -0.2) is 36.7 Å². The SMILES string of the molecule is CCC(C)N(Cc1ccncc1)C(=O)Nc1cccc(Cn2cncn2)c1. The Hall–Kier alpha value is -3.22. The van der Waals surface area contributed by atoms with Crippen LogP contribution in [0.15, 0.2) is 61.4 Å². The third kappa shape index (κ3) is 5.13. The Morgan fingerprint density at radius 2 is 2.00 bits per heavy atom. The van der Waals surface area contributed by atoms with Crippen molar-refractivity contribution in [3.8, 4) is 0 Å². The van der Waals surface area contributed by atoms with Crippen molar-refractivity contribution in [3.05, 3.63) is 72.6 Å². The number of carbonyl (C=O) groups excluding carboxylic acids is 1. The van der Waals surface area contributed by atoms with Crippen LogP contribution in [0, 0.1) is 0 Å². The van der Waals surface area contributed by atoms with Crippen molar-refractivity contribution in [1.29, 1.82) is 0 Å². The van der Waals surface area contributed by atoms with Crippen LogP contribution < -0.4 is 5.32 Å². The number of amides is 2. The molecule has 0 saturated carbocycles. The molecular weight excluding hydrogens is 340 g/mol. The minimum Gasteiger partial charge on any atom is -0.318 e. The number of anilines is 1. The summed E-state index contributed by atoms with van der Waals surface area (Å²) in [5.74, 6) is 0. The van der Waals surface area contributed by atoms with E-state index in [1.807, 2.05) is 41.3 Å². The van der Waals surface area contributed by atoms with Gasteiger partial charge < -0.3 is 10.2 Å². The van der Waals surface area contributed by atoms with Crippen molar-refractivity contribution >= 4 is 11.7 Å². The van der Waals surface area contributed by atoms with E-state index >= 15 is 0 Å². The molecular formula is C20H24N6O. The van der Waals surface area contributed by atoms with E-state index in [4.69, 9.17) is 0 Å². The average Bonchev–Trinajstić information content (AvgIpc) is 3.19. The Kier molecular flexibility index (Phi) is 6.14. The molecule has 0 saturated heterocycles. The lowest BCUT2D eigenvalue weighted by Crippen LogP contribution is -2.40. The van der Waals surface area contributed by atoms with Gasteiger partial charge in [0, 0.05) is 30.7 Å². The maximum absolute atomic E-state index is 12.9. The monoisotopic (exact) mass is 364 g/mol. The van der Waals surface area contributed by atoms with E-state index in [1.54, 1.807) is 23.4 Å². The van der Waals surface area contributed by atoms with Crippen molar-refractivity contribution in [2.24, 2.45) is 0 Å². The second-order valence-corrected chi connectivity index (χ2v) is 6.46. The highest BCUT2D eigenvalue weighted by atomic mass is 16.2. The zero-order chi connectivity index (χ0) is 19.1. The molecule has 3 rings (SSSR count). The fourth-order valence-electron chi connectivity index (χ4n) is 2.78. The largest absolute Gasteiger partial charge is 0.322 e. The molecule has 2 amide bonds.